The smallest absolute Gasteiger partial charge is 0.237 e. The molecule has 5 heteroatoms. The molecule has 0 aromatic carbocycles. The van der Waals surface area contributed by atoms with Gasteiger partial charge in [0.15, 0.2) is 0 Å². The van der Waals surface area contributed by atoms with Crippen LogP contribution in [0.1, 0.15) is 33.6 Å². The third kappa shape index (κ3) is 5.68. The Hall–Kier alpha value is -0.320. The average molecular weight is 251 g/mol. The van der Waals surface area contributed by atoms with Gasteiger partial charge in [0.1, 0.15) is 0 Å². The fraction of sp³-hybridized carbons (Fsp3) is 0.909. The number of hydrogen-bond acceptors (Lipinski definition) is 3. The maximum Gasteiger partial charge on any atom is 0.237 e. The highest BCUT2D eigenvalue weighted by Gasteiger charge is 2.27. The van der Waals surface area contributed by atoms with E-state index in [0.717, 1.165) is 6.42 Å². The lowest BCUT2D eigenvalue weighted by atomic mass is 9.92. The Kier molecular flexibility index (Phi) is 6.30. The number of β-amino-alcohol motifs (C(OH)–C–C–N with tert-alkyl or cyclic N) is 1. The summed E-state index contributed by atoms with van der Waals surface area (Å²) in [5.41, 5.74) is 0.246. The second kappa shape index (κ2) is 6.42. The molecular weight excluding hydrogens is 228 g/mol. The van der Waals surface area contributed by atoms with Crippen LogP contribution in [0.15, 0.2) is 0 Å². The molecule has 1 rings (SSSR count). The summed E-state index contributed by atoms with van der Waals surface area (Å²) in [5.74, 6) is 0.0100. The molecule has 0 saturated carbocycles. The molecule has 0 radical (unpaired) electrons. The number of aliphatic hydroxyl groups is 1. The highest BCUT2D eigenvalue weighted by atomic mass is 35.5. The fourth-order valence-corrected chi connectivity index (χ4v) is 1.60. The van der Waals surface area contributed by atoms with Gasteiger partial charge in [0, 0.05) is 13.1 Å². The van der Waals surface area contributed by atoms with E-state index in [1.54, 1.807) is 0 Å². The van der Waals surface area contributed by atoms with Crippen LogP contribution in [-0.2, 0) is 4.79 Å². The molecule has 96 valence electrons. The first kappa shape index (κ1) is 15.7. The van der Waals surface area contributed by atoms with Gasteiger partial charge in [0.05, 0.1) is 12.1 Å². The zero-order chi connectivity index (χ0) is 11.5. The first-order valence-electron chi connectivity index (χ1n) is 5.58. The topological polar surface area (TPSA) is 61.4 Å². The Bertz CT molecular complexity index is 229. The van der Waals surface area contributed by atoms with E-state index >= 15 is 0 Å². The van der Waals surface area contributed by atoms with E-state index in [1.165, 1.54) is 0 Å². The van der Waals surface area contributed by atoms with E-state index in [9.17, 15) is 9.90 Å². The van der Waals surface area contributed by atoms with Crippen molar-refractivity contribution in [2.75, 3.05) is 13.1 Å². The van der Waals surface area contributed by atoms with Gasteiger partial charge >= 0.3 is 0 Å². The van der Waals surface area contributed by atoms with E-state index in [-0.39, 0.29) is 35.9 Å². The van der Waals surface area contributed by atoms with Crippen LogP contribution < -0.4 is 10.6 Å². The quantitative estimate of drug-likeness (QED) is 0.691. The summed E-state index contributed by atoms with van der Waals surface area (Å²) in [6.07, 6.45) is 1.12. The van der Waals surface area contributed by atoms with Crippen LogP contribution in [0.5, 0.6) is 0 Å². The Morgan fingerprint density at radius 2 is 2.12 bits per heavy atom. The molecule has 1 amide bonds. The predicted molar refractivity (Wildman–Crippen MR) is 66.7 cm³/mol. The third-order valence-electron chi connectivity index (χ3n) is 2.60. The SMILES string of the molecule is CC(C)(C)CCNC(=O)[C@H]1C[C@H](O)CN1.Cl. The predicted octanol–water partition coefficient (Wildman–Crippen LogP) is 0.683. The normalized spacial score (nSPS) is 25.0. The van der Waals surface area contributed by atoms with E-state index in [2.05, 4.69) is 31.4 Å². The molecule has 0 aromatic rings. The summed E-state index contributed by atoms with van der Waals surface area (Å²) in [4.78, 5) is 11.6. The summed E-state index contributed by atoms with van der Waals surface area (Å²) in [6, 6.07) is -0.208. The van der Waals surface area contributed by atoms with Crippen LogP contribution in [0.4, 0.5) is 0 Å². The van der Waals surface area contributed by atoms with E-state index in [4.69, 9.17) is 0 Å². The summed E-state index contributed by atoms with van der Waals surface area (Å²) in [7, 11) is 0. The Morgan fingerprint density at radius 1 is 1.50 bits per heavy atom. The number of hydrogen-bond donors (Lipinski definition) is 3. The minimum Gasteiger partial charge on any atom is -0.392 e. The summed E-state index contributed by atoms with van der Waals surface area (Å²) < 4.78 is 0. The van der Waals surface area contributed by atoms with Crippen molar-refractivity contribution in [2.24, 2.45) is 5.41 Å². The molecule has 0 spiro atoms. The highest BCUT2D eigenvalue weighted by molar-refractivity contribution is 5.85. The average Bonchev–Trinajstić information content (AvgIpc) is 2.49. The van der Waals surface area contributed by atoms with Crippen LogP contribution in [-0.4, -0.2) is 36.2 Å². The molecule has 1 aliphatic rings. The molecule has 3 N–H and O–H groups in total. The highest BCUT2D eigenvalue weighted by Crippen LogP contribution is 2.17. The molecule has 4 nitrogen and oxygen atoms in total. The van der Waals surface area contributed by atoms with Gasteiger partial charge in [-0.05, 0) is 18.3 Å². The van der Waals surface area contributed by atoms with E-state index < -0.39 is 0 Å². The van der Waals surface area contributed by atoms with Crippen molar-refractivity contribution in [1.29, 1.82) is 0 Å². The van der Waals surface area contributed by atoms with Gasteiger partial charge in [0.2, 0.25) is 5.91 Å². The Morgan fingerprint density at radius 3 is 2.56 bits per heavy atom. The van der Waals surface area contributed by atoms with Gasteiger partial charge in [-0.15, -0.1) is 12.4 Å². The summed E-state index contributed by atoms with van der Waals surface area (Å²) in [6.45, 7) is 7.68. The van der Waals surface area contributed by atoms with Crippen LogP contribution >= 0.6 is 12.4 Å². The molecule has 1 aliphatic heterocycles. The van der Waals surface area contributed by atoms with Gasteiger partial charge in [0.25, 0.3) is 0 Å². The van der Waals surface area contributed by atoms with E-state index in [1.807, 2.05) is 0 Å². The molecule has 1 heterocycles. The Balaban J connectivity index is 0.00000225. The van der Waals surface area contributed by atoms with Gasteiger partial charge in [-0.25, -0.2) is 0 Å². The lowest BCUT2D eigenvalue weighted by Gasteiger charge is -2.19. The van der Waals surface area contributed by atoms with Gasteiger partial charge in [-0.3, -0.25) is 4.79 Å². The van der Waals surface area contributed by atoms with Gasteiger partial charge < -0.3 is 15.7 Å². The number of rotatable bonds is 3. The number of aliphatic hydroxyl groups excluding tert-OH is 1. The molecule has 2 atom stereocenters. The van der Waals surface area contributed by atoms with Crippen LogP contribution in [0.3, 0.4) is 0 Å². The maximum absolute atomic E-state index is 11.6. The molecule has 0 bridgehead atoms. The molecule has 0 aromatic heterocycles. The Labute approximate surface area is 104 Å². The molecule has 0 unspecified atom stereocenters. The second-order valence-corrected chi connectivity index (χ2v) is 5.45. The van der Waals surface area contributed by atoms with Crippen LogP contribution in [0.2, 0.25) is 0 Å². The lowest BCUT2D eigenvalue weighted by molar-refractivity contribution is -0.123. The number of amides is 1. The largest absolute Gasteiger partial charge is 0.392 e. The second-order valence-electron chi connectivity index (χ2n) is 5.45. The minimum atomic E-state index is -0.372. The third-order valence-corrected chi connectivity index (χ3v) is 2.60. The minimum absolute atomic E-state index is 0. The van der Waals surface area contributed by atoms with Crippen molar-refractivity contribution in [1.82, 2.24) is 10.6 Å². The number of halogens is 1. The molecule has 0 aliphatic carbocycles. The van der Waals surface area contributed by atoms with Crippen molar-refractivity contribution in [2.45, 2.75) is 45.8 Å². The van der Waals surface area contributed by atoms with Crippen molar-refractivity contribution in [3.8, 4) is 0 Å². The molecule has 1 saturated heterocycles. The van der Waals surface area contributed by atoms with Crippen LogP contribution in [0.25, 0.3) is 0 Å². The molecule has 16 heavy (non-hydrogen) atoms. The molecular formula is C11H23ClN2O2. The fourth-order valence-electron chi connectivity index (χ4n) is 1.60. The first-order chi connectivity index (χ1) is 6.88. The summed E-state index contributed by atoms with van der Waals surface area (Å²) >= 11 is 0. The van der Waals surface area contributed by atoms with E-state index in [0.29, 0.717) is 19.5 Å². The maximum atomic E-state index is 11.6. The summed E-state index contributed by atoms with van der Waals surface area (Å²) in [5, 5.41) is 15.1. The number of carbonyl (C=O) groups is 1. The van der Waals surface area contributed by atoms with Gasteiger partial charge in [-0.2, -0.15) is 0 Å². The molecule has 1 fully saturated rings. The monoisotopic (exact) mass is 250 g/mol. The van der Waals surface area contributed by atoms with Crippen LogP contribution in [0, 0.1) is 5.41 Å². The standard InChI is InChI=1S/C11H22N2O2.ClH/c1-11(2,3)4-5-12-10(15)9-6-8(14)7-13-9;/h8-9,13-14H,4-7H2,1-3H3,(H,12,15);1H/t8-,9+;/m0./s1. The number of nitrogens with one attached hydrogen (secondary N) is 2. The van der Waals surface area contributed by atoms with Gasteiger partial charge in [-0.1, -0.05) is 20.8 Å². The zero-order valence-electron chi connectivity index (χ0n) is 10.2. The van der Waals surface area contributed by atoms with Crippen molar-refractivity contribution >= 4 is 18.3 Å². The van der Waals surface area contributed by atoms with Crippen molar-refractivity contribution < 1.29 is 9.90 Å². The van der Waals surface area contributed by atoms with Crippen molar-refractivity contribution in [3.05, 3.63) is 0 Å². The lowest BCUT2D eigenvalue weighted by Crippen LogP contribution is -2.41. The number of carbonyl (C=O) groups excluding carboxylic acids is 1. The first-order valence-corrected chi connectivity index (χ1v) is 5.58. The zero-order valence-corrected chi connectivity index (χ0v) is 11.1. The van der Waals surface area contributed by atoms with Crippen molar-refractivity contribution in [3.63, 3.8) is 0 Å².